The van der Waals surface area contributed by atoms with Crippen molar-refractivity contribution in [3.8, 4) is 0 Å². The minimum absolute atomic E-state index is 0.226. The van der Waals surface area contributed by atoms with Crippen LogP contribution in [0.15, 0.2) is 30.3 Å². The number of anilines is 2. The van der Waals surface area contributed by atoms with Crippen molar-refractivity contribution in [2.24, 2.45) is 0 Å². The van der Waals surface area contributed by atoms with Gasteiger partial charge in [0, 0.05) is 19.0 Å². The number of nitrogen functional groups attached to an aromatic ring is 1. The predicted octanol–water partition coefficient (Wildman–Crippen LogP) is 3.25. The molecule has 1 heterocycles. The Hall–Kier alpha value is -2.31. The van der Waals surface area contributed by atoms with Crippen LogP contribution in [0.3, 0.4) is 0 Å². The normalized spacial score (nSPS) is 11.4. The third-order valence-corrected chi connectivity index (χ3v) is 2.84. The lowest BCUT2D eigenvalue weighted by molar-refractivity contribution is -0.137. The van der Waals surface area contributed by atoms with E-state index in [9.17, 15) is 13.2 Å². The van der Waals surface area contributed by atoms with Gasteiger partial charge in [-0.15, -0.1) is 0 Å². The van der Waals surface area contributed by atoms with Gasteiger partial charge in [-0.25, -0.2) is 9.97 Å². The fourth-order valence-corrected chi connectivity index (χ4v) is 1.82. The van der Waals surface area contributed by atoms with E-state index in [0.717, 1.165) is 12.1 Å². The highest BCUT2D eigenvalue weighted by molar-refractivity contribution is 5.45. The summed E-state index contributed by atoms with van der Waals surface area (Å²) in [6, 6.07) is 6.70. The average molecular weight is 296 g/mol. The van der Waals surface area contributed by atoms with Gasteiger partial charge in [-0.05, 0) is 17.7 Å². The van der Waals surface area contributed by atoms with Gasteiger partial charge in [-0.3, -0.25) is 0 Å². The molecule has 0 saturated heterocycles. The van der Waals surface area contributed by atoms with Gasteiger partial charge < -0.3 is 11.1 Å². The largest absolute Gasteiger partial charge is 0.416 e. The van der Waals surface area contributed by atoms with Crippen LogP contribution in [-0.4, -0.2) is 9.97 Å². The molecule has 0 aliphatic carbocycles. The molecule has 7 heteroatoms. The third-order valence-electron chi connectivity index (χ3n) is 2.84. The maximum atomic E-state index is 12.6. The second-order valence-electron chi connectivity index (χ2n) is 4.50. The molecule has 2 aromatic rings. The molecule has 112 valence electrons. The van der Waals surface area contributed by atoms with E-state index < -0.39 is 11.7 Å². The zero-order chi connectivity index (χ0) is 15.5. The van der Waals surface area contributed by atoms with E-state index in [1.165, 1.54) is 6.07 Å². The summed E-state index contributed by atoms with van der Waals surface area (Å²) in [7, 11) is 0. The van der Waals surface area contributed by atoms with E-state index in [4.69, 9.17) is 5.73 Å². The van der Waals surface area contributed by atoms with Crippen LogP contribution in [0.4, 0.5) is 24.8 Å². The topological polar surface area (TPSA) is 63.8 Å². The first-order chi connectivity index (χ1) is 9.88. The quantitative estimate of drug-likeness (QED) is 0.909. The Bertz CT molecular complexity index is 626. The molecule has 0 aliphatic heterocycles. The van der Waals surface area contributed by atoms with Crippen molar-refractivity contribution in [2.75, 3.05) is 11.1 Å². The van der Waals surface area contributed by atoms with Crippen molar-refractivity contribution < 1.29 is 13.2 Å². The number of aryl methyl sites for hydroxylation is 1. The molecule has 4 nitrogen and oxygen atoms in total. The van der Waals surface area contributed by atoms with Gasteiger partial charge in [-0.1, -0.05) is 19.1 Å². The molecule has 0 fully saturated rings. The summed E-state index contributed by atoms with van der Waals surface area (Å²) in [5.74, 6) is 1.41. The van der Waals surface area contributed by atoms with Gasteiger partial charge in [0.2, 0.25) is 0 Å². The summed E-state index contributed by atoms with van der Waals surface area (Å²) in [5, 5.41) is 2.96. The molecule has 1 aromatic heterocycles. The van der Waals surface area contributed by atoms with Gasteiger partial charge in [-0.2, -0.15) is 13.2 Å². The summed E-state index contributed by atoms with van der Waals surface area (Å²) < 4.78 is 37.9. The lowest BCUT2D eigenvalue weighted by Gasteiger charge is -2.10. The second-order valence-corrected chi connectivity index (χ2v) is 4.50. The molecule has 2 rings (SSSR count). The Labute approximate surface area is 120 Å². The van der Waals surface area contributed by atoms with Gasteiger partial charge >= 0.3 is 6.18 Å². The van der Waals surface area contributed by atoms with Crippen LogP contribution in [0, 0.1) is 0 Å². The smallest absolute Gasteiger partial charge is 0.384 e. The number of nitrogens with two attached hydrogens (primary N) is 1. The molecule has 3 N–H and O–H groups in total. The Kier molecular flexibility index (Phi) is 4.30. The molecule has 0 spiro atoms. The standard InChI is InChI=1S/C14H15F3N4/c1-2-12-20-11(18)7-13(21-12)19-8-9-4-3-5-10(6-9)14(15,16)17/h3-7H,2,8H2,1H3,(H3,18,19,20,21). The molecule has 0 aliphatic rings. The Balaban J connectivity index is 2.11. The number of halogens is 3. The van der Waals surface area contributed by atoms with Crippen molar-refractivity contribution in [2.45, 2.75) is 26.1 Å². The van der Waals surface area contributed by atoms with Gasteiger partial charge in [0.15, 0.2) is 0 Å². The highest BCUT2D eigenvalue weighted by atomic mass is 19.4. The molecule has 21 heavy (non-hydrogen) atoms. The SMILES string of the molecule is CCc1nc(N)cc(NCc2cccc(C(F)(F)F)c2)n1. The number of alkyl halides is 3. The molecule has 1 aromatic carbocycles. The first-order valence-electron chi connectivity index (χ1n) is 6.42. The van der Waals surface area contributed by atoms with Gasteiger partial charge in [0.05, 0.1) is 5.56 Å². The van der Waals surface area contributed by atoms with Crippen LogP contribution in [0.25, 0.3) is 0 Å². The number of nitrogens with zero attached hydrogens (tertiary/aromatic N) is 2. The maximum Gasteiger partial charge on any atom is 0.416 e. The number of hydrogen-bond acceptors (Lipinski definition) is 4. The average Bonchev–Trinajstić information content (AvgIpc) is 2.44. The predicted molar refractivity (Wildman–Crippen MR) is 74.6 cm³/mol. The van der Waals surface area contributed by atoms with E-state index >= 15 is 0 Å². The van der Waals surface area contributed by atoms with Crippen LogP contribution in [0.5, 0.6) is 0 Å². The minimum Gasteiger partial charge on any atom is -0.384 e. The molecule has 0 amide bonds. The van der Waals surface area contributed by atoms with Crippen LogP contribution in [-0.2, 0) is 19.1 Å². The van der Waals surface area contributed by atoms with Crippen LogP contribution in [0.2, 0.25) is 0 Å². The molecule has 0 radical (unpaired) electrons. The number of nitrogens with one attached hydrogen (secondary N) is 1. The van der Waals surface area contributed by atoms with E-state index in [2.05, 4.69) is 15.3 Å². The number of rotatable bonds is 4. The van der Waals surface area contributed by atoms with Crippen LogP contribution >= 0.6 is 0 Å². The molecular weight excluding hydrogens is 281 g/mol. The first kappa shape index (κ1) is 15.1. The fraction of sp³-hybridized carbons (Fsp3) is 0.286. The summed E-state index contributed by atoms with van der Waals surface area (Å²) in [6.07, 6.45) is -3.71. The van der Waals surface area contributed by atoms with Gasteiger partial charge in [0.25, 0.3) is 0 Å². The van der Waals surface area contributed by atoms with E-state index in [1.54, 1.807) is 12.1 Å². The number of benzene rings is 1. The Morgan fingerprint density at radius 2 is 1.95 bits per heavy atom. The summed E-state index contributed by atoms with van der Waals surface area (Å²) >= 11 is 0. The minimum atomic E-state index is -4.34. The second kappa shape index (κ2) is 5.99. The van der Waals surface area contributed by atoms with Crippen molar-refractivity contribution in [1.29, 1.82) is 0 Å². The van der Waals surface area contributed by atoms with Crippen molar-refractivity contribution in [3.05, 3.63) is 47.3 Å². The number of hydrogen-bond donors (Lipinski definition) is 2. The lowest BCUT2D eigenvalue weighted by atomic mass is 10.1. The molecule has 0 unspecified atom stereocenters. The summed E-state index contributed by atoms with van der Waals surface area (Å²) in [4.78, 5) is 8.25. The Morgan fingerprint density at radius 3 is 2.62 bits per heavy atom. The molecular formula is C14H15F3N4. The zero-order valence-electron chi connectivity index (χ0n) is 11.4. The van der Waals surface area contributed by atoms with Crippen molar-refractivity contribution >= 4 is 11.6 Å². The monoisotopic (exact) mass is 296 g/mol. The molecule has 0 saturated carbocycles. The van der Waals surface area contributed by atoms with Crippen molar-refractivity contribution in [1.82, 2.24) is 9.97 Å². The lowest BCUT2D eigenvalue weighted by Crippen LogP contribution is -2.08. The molecule has 0 bridgehead atoms. The van der Waals surface area contributed by atoms with E-state index in [0.29, 0.717) is 29.4 Å². The highest BCUT2D eigenvalue weighted by Crippen LogP contribution is 2.29. The first-order valence-corrected chi connectivity index (χ1v) is 6.42. The van der Waals surface area contributed by atoms with Crippen LogP contribution in [0.1, 0.15) is 23.9 Å². The Morgan fingerprint density at radius 1 is 1.19 bits per heavy atom. The number of aromatic nitrogens is 2. The third kappa shape index (κ3) is 4.08. The van der Waals surface area contributed by atoms with Crippen LogP contribution < -0.4 is 11.1 Å². The van der Waals surface area contributed by atoms with Crippen molar-refractivity contribution in [3.63, 3.8) is 0 Å². The van der Waals surface area contributed by atoms with E-state index in [1.807, 2.05) is 6.92 Å². The fourth-order valence-electron chi connectivity index (χ4n) is 1.82. The summed E-state index contributed by atoms with van der Waals surface area (Å²) in [6.45, 7) is 2.12. The maximum absolute atomic E-state index is 12.6. The van der Waals surface area contributed by atoms with Gasteiger partial charge in [0.1, 0.15) is 17.5 Å². The molecule has 0 atom stereocenters. The highest BCUT2D eigenvalue weighted by Gasteiger charge is 2.30. The zero-order valence-corrected chi connectivity index (χ0v) is 11.4. The summed E-state index contributed by atoms with van der Waals surface area (Å²) in [5.41, 5.74) is 5.49. The van der Waals surface area contributed by atoms with E-state index in [-0.39, 0.29) is 6.54 Å².